The molecule has 0 spiro atoms. The maximum atomic E-state index is 12.4. The molecule has 1 N–H and O–H groups in total. The first-order valence-corrected chi connectivity index (χ1v) is 4.15. The molecule has 0 saturated heterocycles. The average Bonchev–Trinajstić information content (AvgIpc) is 2.15. The van der Waals surface area contributed by atoms with Crippen molar-refractivity contribution in [3.8, 4) is 0 Å². The zero-order valence-corrected chi connectivity index (χ0v) is 7.92. The summed E-state index contributed by atoms with van der Waals surface area (Å²) >= 11 is 0. The monoisotopic (exact) mass is 190 g/mol. The van der Waals surface area contributed by atoms with Gasteiger partial charge in [0.15, 0.2) is 0 Å². The summed E-state index contributed by atoms with van der Waals surface area (Å²) in [6.45, 7) is 1.14. The molecule has 0 fully saturated rings. The van der Waals surface area contributed by atoms with Gasteiger partial charge in [0.05, 0.1) is 19.6 Å². The van der Waals surface area contributed by atoms with Crippen LogP contribution in [0.1, 0.15) is 19.8 Å². The zero-order chi connectivity index (χ0) is 10.3. The lowest BCUT2D eigenvalue weighted by Gasteiger charge is -2.06. The van der Waals surface area contributed by atoms with Crippen LogP contribution in [0.2, 0.25) is 0 Å². The molecule has 1 atom stereocenters. The van der Waals surface area contributed by atoms with Crippen LogP contribution in [0.4, 0.5) is 4.39 Å². The minimum absolute atomic E-state index is 0.229. The van der Waals surface area contributed by atoms with Crippen LogP contribution in [-0.4, -0.2) is 24.8 Å². The van der Waals surface area contributed by atoms with Crippen molar-refractivity contribution < 1.29 is 19.0 Å². The van der Waals surface area contributed by atoms with E-state index < -0.39 is 12.4 Å². The topological polar surface area (TPSA) is 46.5 Å². The number of esters is 1. The molecule has 0 aromatic rings. The van der Waals surface area contributed by atoms with E-state index in [1.807, 2.05) is 0 Å². The second-order valence-electron chi connectivity index (χ2n) is 2.81. The third kappa shape index (κ3) is 5.36. The molecule has 13 heavy (non-hydrogen) atoms. The number of aliphatic hydroxyl groups is 1. The first-order chi connectivity index (χ1) is 6.11. The van der Waals surface area contributed by atoms with Crippen LogP contribution in [-0.2, 0) is 9.53 Å². The second-order valence-corrected chi connectivity index (χ2v) is 2.81. The molecule has 0 amide bonds. The van der Waals surface area contributed by atoms with Crippen molar-refractivity contribution in [2.45, 2.75) is 19.8 Å². The lowest BCUT2D eigenvalue weighted by atomic mass is 10.1. The van der Waals surface area contributed by atoms with Crippen molar-refractivity contribution in [2.75, 3.05) is 13.7 Å². The second kappa shape index (κ2) is 6.60. The van der Waals surface area contributed by atoms with Crippen LogP contribution in [0.3, 0.4) is 0 Å². The lowest BCUT2D eigenvalue weighted by molar-refractivity contribution is -0.144. The number of carbonyl (C=O) groups excluding carboxylic acids is 1. The van der Waals surface area contributed by atoms with Crippen molar-refractivity contribution in [1.29, 1.82) is 0 Å². The first kappa shape index (κ1) is 12.1. The maximum Gasteiger partial charge on any atom is 0.308 e. The molecule has 0 radical (unpaired) electrons. The Balaban J connectivity index is 3.70. The first-order valence-electron chi connectivity index (χ1n) is 4.15. The normalized spacial score (nSPS) is 14.0. The molecule has 0 saturated carbocycles. The number of halogens is 1. The number of hydrogen-bond donors (Lipinski definition) is 1. The SMILES string of the molecule is COC(=O)[C@H](C)CC/C=C(/F)CO. The quantitative estimate of drug-likeness (QED) is 0.667. The number of methoxy groups -OCH3 is 1. The molecule has 0 aliphatic rings. The molecule has 76 valence electrons. The van der Waals surface area contributed by atoms with Crippen molar-refractivity contribution >= 4 is 5.97 Å². The van der Waals surface area contributed by atoms with E-state index in [4.69, 9.17) is 5.11 Å². The highest BCUT2D eigenvalue weighted by atomic mass is 19.1. The van der Waals surface area contributed by atoms with E-state index >= 15 is 0 Å². The fourth-order valence-corrected chi connectivity index (χ4v) is 0.874. The van der Waals surface area contributed by atoms with Gasteiger partial charge in [-0.2, -0.15) is 0 Å². The number of rotatable bonds is 5. The number of hydrogen-bond acceptors (Lipinski definition) is 3. The summed E-state index contributed by atoms with van der Waals surface area (Å²) in [5.74, 6) is -1.08. The highest BCUT2D eigenvalue weighted by Crippen LogP contribution is 2.09. The van der Waals surface area contributed by atoms with Gasteiger partial charge in [0.1, 0.15) is 5.83 Å². The van der Waals surface area contributed by atoms with Crippen LogP contribution in [0.15, 0.2) is 11.9 Å². The van der Waals surface area contributed by atoms with Gasteiger partial charge >= 0.3 is 5.97 Å². The van der Waals surface area contributed by atoms with Gasteiger partial charge in [-0.15, -0.1) is 0 Å². The maximum absolute atomic E-state index is 12.4. The lowest BCUT2D eigenvalue weighted by Crippen LogP contribution is -2.12. The summed E-state index contributed by atoms with van der Waals surface area (Å²) in [7, 11) is 1.32. The molecule has 0 bridgehead atoms. The van der Waals surface area contributed by atoms with Crippen LogP contribution < -0.4 is 0 Å². The van der Waals surface area contributed by atoms with Gasteiger partial charge in [0.25, 0.3) is 0 Å². The predicted octanol–water partition coefficient (Wildman–Crippen LogP) is 1.42. The smallest absolute Gasteiger partial charge is 0.308 e. The van der Waals surface area contributed by atoms with Crippen molar-refractivity contribution in [3.05, 3.63) is 11.9 Å². The Morgan fingerprint density at radius 2 is 2.31 bits per heavy atom. The summed E-state index contributed by atoms with van der Waals surface area (Å²) in [4.78, 5) is 10.9. The van der Waals surface area contributed by atoms with Crippen molar-refractivity contribution in [2.24, 2.45) is 5.92 Å². The minimum atomic E-state index is -0.577. The molecule has 4 heteroatoms. The van der Waals surface area contributed by atoms with Crippen LogP contribution in [0, 0.1) is 5.92 Å². The van der Waals surface area contributed by atoms with E-state index in [1.165, 1.54) is 13.2 Å². The molecule has 0 heterocycles. The van der Waals surface area contributed by atoms with E-state index in [-0.39, 0.29) is 11.9 Å². The van der Waals surface area contributed by atoms with E-state index in [9.17, 15) is 9.18 Å². The Bertz CT molecular complexity index is 189. The largest absolute Gasteiger partial charge is 0.469 e. The highest BCUT2D eigenvalue weighted by Gasteiger charge is 2.11. The standard InChI is InChI=1S/C9H15FO3/c1-7(9(12)13-2)4-3-5-8(10)6-11/h5,7,11H,3-4,6H2,1-2H3/b8-5+/t7-/m1/s1. The van der Waals surface area contributed by atoms with Gasteiger partial charge in [-0.05, 0) is 12.8 Å². The number of allylic oxidation sites excluding steroid dienone is 1. The van der Waals surface area contributed by atoms with Crippen LogP contribution in [0.5, 0.6) is 0 Å². The molecule has 0 aromatic carbocycles. The molecular formula is C9H15FO3. The molecule has 0 aliphatic carbocycles. The average molecular weight is 190 g/mol. The van der Waals surface area contributed by atoms with Gasteiger partial charge in [0, 0.05) is 0 Å². The summed E-state index contributed by atoms with van der Waals surface area (Å²) in [5.41, 5.74) is 0. The third-order valence-corrected chi connectivity index (χ3v) is 1.72. The van der Waals surface area contributed by atoms with Gasteiger partial charge in [-0.1, -0.05) is 13.0 Å². The molecule has 0 aliphatic heterocycles. The zero-order valence-electron chi connectivity index (χ0n) is 7.92. The Labute approximate surface area is 77.2 Å². The summed E-state index contributed by atoms with van der Waals surface area (Å²) in [5, 5.41) is 8.32. The Kier molecular flexibility index (Phi) is 6.14. The molecule has 3 nitrogen and oxygen atoms in total. The van der Waals surface area contributed by atoms with E-state index in [0.717, 1.165) is 0 Å². The Hall–Kier alpha value is -0.900. The van der Waals surface area contributed by atoms with E-state index in [2.05, 4.69) is 4.74 Å². The fraction of sp³-hybridized carbons (Fsp3) is 0.667. The Morgan fingerprint density at radius 3 is 2.77 bits per heavy atom. The fourth-order valence-electron chi connectivity index (χ4n) is 0.874. The summed E-state index contributed by atoms with van der Waals surface area (Å²) in [6, 6.07) is 0. The number of carbonyl (C=O) groups is 1. The van der Waals surface area contributed by atoms with Crippen LogP contribution in [0.25, 0.3) is 0 Å². The molecule has 0 aromatic heterocycles. The van der Waals surface area contributed by atoms with Gasteiger partial charge in [-0.25, -0.2) is 4.39 Å². The van der Waals surface area contributed by atoms with Crippen molar-refractivity contribution in [3.63, 3.8) is 0 Å². The van der Waals surface area contributed by atoms with Gasteiger partial charge < -0.3 is 9.84 Å². The molecular weight excluding hydrogens is 175 g/mol. The molecule has 0 rings (SSSR count). The predicted molar refractivity (Wildman–Crippen MR) is 46.7 cm³/mol. The molecule has 0 unspecified atom stereocenters. The van der Waals surface area contributed by atoms with E-state index in [0.29, 0.717) is 12.8 Å². The Morgan fingerprint density at radius 1 is 1.69 bits per heavy atom. The highest BCUT2D eigenvalue weighted by molar-refractivity contribution is 5.71. The third-order valence-electron chi connectivity index (χ3n) is 1.72. The van der Waals surface area contributed by atoms with Gasteiger partial charge in [-0.3, -0.25) is 4.79 Å². The van der Waals surface area contributed by atoms with E-state index in [1.54, 1.807) is 6.92 Å². The summed E-state index contributed by atoms with van der Waals surface area (Å²) in [6.07, 6.45) is 2.24. The number of aliphatic hydroxyl groups excluding tert-OH is 1. The minimum Gasteiger partial charge on any atom is -0.469 e. The van der Waals surface area contributed by atoms with Gasteiger partial charge in [0.2, 0.25) is 0 Å². The summed E-state index contributed by atoms with van der Waals surface area (Å²) < 4.78 is 16.9. The van der Waals surface area contributed by atoms with Crippen molar-refractivity contribution in [1.82, 2.24) is 0 Å². The van der Waals surface area contributed by atoms with Crippen LogP contribution >= 0.6 is 0 Å². The number of ether oxygens (including phenoxy) is 1.